The summed E-state index contributed by atoms with van der Waals surface area (Å²) in [4.78, 5) is 15.2. The predicted octanol–water partition coefficient (Wildman–Crippen LogP) is 1.72. The number of carbonyl (C=O) groups excluding carboxylic acids is 1. The van der Waals surface area contributed by atoms with Crippen LogP contribution in [-0.2, 0) is 11.3 Å². The van der Waals surface area contributed by atoms with Gasteiger partial charge in [-0.15, -0.1) is 23.7 Å². The van der Waals surface area contributed by atoms with Crippen molar-refractivity contribution >= 4 is 29.7 Å². The number of hydrogen-bond acceptors (Lipinski definition) is 4. The lowest BCUT2D eigenvalue weighted by Crippen LogP contribution is -2.39. The standard InChI is InChI=1S/C14H23N3OS.ClH/c1-17(10-12-4-6-15-7-5-12)11-14(18)16-9-13-3-2-8-19-13;/h2-3,8,12,15H,4-7,9-11H2,1H3,(H,16,18);1H. The number of carbonyl (C=O) groups is 1. The molecule has 1 aliphatic rings. The molecule has 1 saturated heterocycles. The molecule has 1 aromatic heterocycles. The van der Waals surface area contributed by atoms with E-state index < -0.39 is 0 Å². The Kier molecular flexibility index (Phi) is 8.14. The maximum atomic E-state index is 11.8. The molecule has 0 aliphatic carbocycles. The smallest absolute Gasteiger partial charge is 0.234 e. The van der Waals surface area contributed by atoms with Crippen molar-refractivity contribution in [3.8, 4) is 0 Å². The fourth-order valence-electron chi connectivity index (χ4n) is 2.47. The van der Waals surface area contributed by atoms with Crippen LogP contribution < -0.4 is 10.6 Å². The van der Waals surface area contributed by atoms with Gasteiger partial charge < -0.3 is 10.6 Å². The van der Waals surface area contributed by atoms with E-state index in [-0.39, 0.29) is 18.3 Å². The van der Waals surface area contributed by atoms with Crippen LogP contribution in [0, 0.1) is 5.92 Å². The van der Waals surface area contributed by atoms with Crippen molar-refractivity contribution in [2.75, 3.05) is 33.2 Å². The average Bonchev–Trinajstić information content (AvgIpc) is 2.90. The van der Waals surface area contributed by atoms with Crippen LogP contribution in [0.15, 0.2) is 17.5 Å². The highest BCUT2D eigenvalue weighted by atomic mass is 35.5. The summed E-state index contributed by atoms with van der Waals surface area (Å²) >= 11 is 1.68. The van der Waals surface area contributed by atoms with Gasteiger partial charge in [-0.1, -0.05) is 6.07 Å². The van der Waals surface area contributed by atoms with Crippen LogP contribution in [-0.4, -0.2) is 44.0 Å². The fourth-order valence-corrected chi connectivity index (χ4v) is 3.11. The van der Waals surface area contributed by atoms with Crippen molar-refractivity contribution in [1.82, 2.24) is 15.5 Å². The number of hydrogen-bond donors (Lipinski definition) is 2. The van der Waals surface area contributed by atoms with E-state index in [1.165, 1.54) is 17.7 Å². The lowest BCUT2D eigenvalue weighted by molar-refractivity contribution is -0.122. The number of rotatable bonds is 6. The van der Waals surface area contributed by atoms with Crippen LogP contribution in [0.25, 0.3) is 0 Å². The first-order valence-electron chi connectivity index (χ1n) is 6.92. The molecule has 0 aromatic carbocycles. The van der Waals surface area contributed by atoms with Crippen molar-refractivity contribution in [1.29, 1.82) is 0 Å². The molecule has 2 N–H and O–H groups in total. The molecule has 0 radical (unpaired) electrons. The second-order valence-electron chi connectivity index (χ2n) is 5.25. The van der Waals surface area contributed by atoms with E-state index in [0.717, 1.165) is 25.6 Å². The molecule has 114 valence electrons. The molecule has 0 atom stereocenters. The van der Waals surface area contributed by atoms with Gasteiger partial charge in [-0.3, -0.25) is 9.69 Å². The Bertz CT molecular complexity index is 380. The van der Waals surface area contributed by atoms with E-state index in [4.69, 9.17) is 0 Å². The van der Waals surface area contributed by atoms with Gasteiger partial charge in [0.25, 0.3) is 0 Å². The second kappa shape index (κ2) is 9.34. The van der Waals surface area contributed by atoms with Crippen LogP contribution in [0.1, 0.15) is 17.7 Å². The fraction of sp³-hybridized carbons (Fsp3) is 0.643. The zero-order valence-corrected chi connectivity index (χ0v) is 13.6. The summed E-state index contributed by atoms with van der Waals surface area (Å²) in [5.74, 6) is 0.848. The third-order valence-corrected chi connectivity index (χ3v) is 4.36. The van der Waals surface area contributed by atoms with Crippen LogP contribution in [0.4, 0.5) is 0 Å². The molecule has 2 rings (SSSR count). The van der Waals surface area contributed by atoms with Gasteiger partial charge in [0.05, 0.1) is 13.1 Å². The normalized spacial score (nSPS) is 15.9. The van der Waals surface area contributed by atoms with Gasteiger partial charge in [0, 0.05) is 11.4 Å². The van der Waals surface area contributed by atoms with Crippen molar-refractivity contribution < 1.29 is 4.79 Å². The Labute approximate surface area is 131 Å². The maximum Gasteiger partial charge on any atom is 0.234 e. The Morgan fingerprint density at radius 2 is 2.25 bits per heavy atom. The lowest BCUT2D eigenvalue weighted by atomic mass is 9.98. The van der Waals surface area contributed by atoms with Crippen molar-refractivity contribution in [3.63, 3.8) is 0 Å². The first kappa shape index (κ1) is 17.4. The van der Waals surface area contributed by atoms with Crippen LogP contribution >= 0.6 is 23.7 Å². The second-order valence-corrected chi connectivity index (χ2v) is 6.28. The highest BCUT2D eigenvalue weighted by Gasteiger charge is 2.16. The quantitative estimate of drug-likeness (QED) is 0.839. The highest BCUT2D eigenvalue weighted by Crippen LogP contribution is 2.12. The van der Waals surface area contributed by atoms with E-state index in [1.54, 1.807) is 11.3 Å². The summed E-state index contributed by atoms with van der Waals surface area (Å²) in [5, 5.41) is 8.37. The Hall–Kier alpha value is -0.620. The van der Waals surface area contributed by atoms with E-state index in [1.807, 2.05) is 24.6 Å². The number of nitrogens with zero attached hydrogens (tertiary/aromatic N) is 1. The molecule has 20 heavy (non-hydrogen) atoms. The summed E-state index contributed by atoms with van der Waals surface area (Å²) in [6.07, 6.45) is 2.45. The molecule has 2 heterocycles. The molecule has 0 spiro atoms. The van der Waals surface area contributed by atoms with Gasteiger partial charge in [-0.25, -0.2) is 0 Å². The van der Waals surface area contributed by atoms with Gasteiger partial charge in [-0.2, -0.15) is 0 Å². The number of piperidine rings is 1. The van der Waals surface area contributed by atoms with E-state index in [2.05, 4.69) is 15.5 Å². The molecule has 1 aliphatic heterocycles. The summed E-state index contributed by atoms with van der Waals surface area (Å²) in [6, 6.07) is 4.05. The zero-order chi connectivity index (χ0) is 13.5. The summed E-state index contributed by atoms with van der Waals surface area (Å²) in [6.45, 7) is 4.40. The van der Waals surface area contributed by atoms with Gasteiger partial charge >= 0.3 is 0 Å². The van der Waals surface area contributed by atoms with Crippen molar-refractivity contribution in [2.24, 2.45) is 5.92 Å². The SMILES string of the molecule is CN(CC(=O)NCc1cccs1)CC1CCNCC1.Cl. The topological polar surface area (TPSA) is 44.4 Å². The minimum Gasteiger partial charge on any atom is -0.350 e. The molecular weight excluding hydrogens is 294 g/mol. The van der Waals surface area contributed by atoms with Crippen molar-refractivity contribution in [2.45, 2.75) is 19.4 Å². The third-order valence-electron chi connectivity index (χ3n) is 3.48. The molecule has 1 fully saturated rings. The summed E-state index contributed by atoms with van der Waals surface area (Å²) in [5.41, 5.74) is 0. The summed E-state index contributed by atoms with van der Waals surface area (Å²) < 4.78 is 0. The lowest BCUT2D eigenvalue weighted by Gasteiger charge is -2.27. The largest absolute Gasteiger partial charge is 0.350 e. The molecule has 1 aromatic rings. The molecule has 4 nitrogen and oxygen atoms in total. The minimum atomic E-state index is 0. The summed E-state index contributed by atoms with van der Waals surface area (Å²) in [7, 11) is 2.03. The highest BCUT2D eigenvalue weighted by molar-refractivity contribution is 7.09. The van der Waals surface area contributed by atoms with Gasteiger partial charge in [0.1, 0.15) is 0 Å². The average molecular weight is 318 g/mol. The Morgan fingerprint density at radius 1 is 1.50 bits per heavy atom. The van der Waals surface area contributed by atoms with E-state index in [0.29, 0.717) is 13.1 Å². The molecular formula is C14H24ClN3OS. The van der Waals surface area contributed by atoms with E-state index in [9.17, 15) is 4.79 Å². The first-order chi connectivity index (χ1) is 9.24. The third kappa shape index (κ3) is 6.22. The van der Waals surface area contributed by atoms with Crippen LogP contribution in [0.2, 0.25) is 0 Å². The number of amides is 1. The molecule has 0 saturated carbocycles. The van der Waals surface area contributed by atoms with Crippen LogP contribution in [0.5, 0.6) is 0 Å². The number of halogens is 1. The number of likely N-dealkylation sites (N-methyl/N-ethyl adjacent to an activating group) is 1. The zero-order valence-electron chi connectivity index (χ0n) is 11.9. The monoisotopic (exact) mass is 317 g/mol. The van der Waals surface area contributed by atoms with Gasteiger partial charge in [0.2, 0.25) is 5.91 Å². The van der Waals surface area contributed by atoms with Crippen molar-refractivity contribution in [3.05, 3.63) is 22.4 Å². The number of thiophene rings is 1. The number of nitrogens with one attached hydrogen (secondary N) is 2. The van der Waals surface area contributed by atoms with E-state index >= 15 is 0 Å². The Morgan fingerprint density at radius 3 is 2.90 bits per heavy atom. The predicted molar refractivity (Wildman–Crippen MR) is 86.5 cm³/mol. The van der Waals surface area contributed by atoms with Crippen LogP contribution in [0.3, 0.4) is 0 Å². The first-order valence-corrected chi connectivity index (χ1v) is 7.80. The molecule has 6 heteroatoms. The van der Waals surface area contributed by atoms with Gasteiger partial charge in [-0.05, 0) is 50.3 Å². The van der Waals surface area contributed by atoms with Gasteiger partial charge in [0.15, 0.2) is 0 Å². The maximum absolute atomic E-state index is 11.8. The Balaban J connectivity index is 0.00000200. The molecule has 0 bridgehead atoms. The molecule has 1 amide bonds. The minimum absolute atomic E-state index is 0. The molecule has 0 unspecified atom stereocenters.